The summed E-state index contributed by atoms with van der Waals surface area (Å²) < 4.78 is 14.3. The van der Waals surface area contributed by atoms with Gasteiger partial charge in [0.1, 0.15) is 0 Å². The molecule has 1 aliphatic rings. The first-order valence-corrected chi connectivity index (χ1v) is 6.50. The SMILES string of the molecule is CN(c1nccc(CNC(C)(C)C)c1F)C1CC1. The summed E-state index contributed by atoms with van der Waals surface area (Å²) in [6, 6.07) is 2.22. The van der Waals surface area contributed by atoms with Crippen molar-refractivity contribution in [3.05, 3.63) is 23.6 Å². The molecule has 1 aromatic rings. The van der Waals surface area contributed by atoms with Gasteiger partial charge in [-0.1, -0.05) is 0 Å². The summed E-state index contributed by atoms with van der Waals surface area (Å²) in [4.78, 5) is 6.12. The van der Waals surface area contributed by atoms with E-state index in [0.717, 1.165) is 12.8 Å². The number of halogens is 1. The van der Waals surface area contributed by atoms with Crippen molar-refractivity contribution in [1.29, 1.82) is 0 Å². The molecule has 3 nitrogen and oxygen atoms in total. The number of pyridine rings is 1. The van der Waals surface area contributed by atoms with Crippen LogP contribution in [0.15, 0.2) is 12.3 Å². The number of nitrogens with one attached hydrogen (secondary N) is 1. The van der Waals surface area contributed by atoms with Crippen LogP contribution in [0.4, 0.5) is 10.2 Å². The highest BCUT2D eigenvalue weighted by Gasteiger charge is 2.29. The fourth-order valence-corrected chi connectivity index (χ4v) is 1.85. The second-order valence-electron chi connectivity index (χ2n) is 6.05. The molecule has 1 saturated carbocycles. The standard InChI is InChI=1S/C14H22FN3/c1-14(2,3)17-9-10-7-8-16-13(12(10)15)18(4)11-5-6-11/h7-8,11,17H,5-6,9H2,1-4H3. The lowest BCUT2D eigenvalue weighted by atomic mass is 10.1. The Morgan fingerprint density at radius 1 is 1.44 bits per heavy atom. The first kappa shape index (κ1) is 13.3. The highest BCUT2D eigenvalue weighted by molar-refractivity contribution is 5.44. The molecule has 100 valence electrons. The van der Waals surface area contributed by atoms with Crippen molar-refractivity contribution in [2.75, 3.05) is 11.9 Å². The van der Waals surface area contributed by atoms with Crippen molar-refractivity contribution in [1.82, 2.24) is 10.3 Å². The molecule has 0 atom stereocenters. The number of hydrogen-bond acceptors (Lipinski definition) is 3. The van der Waals surface area contributed by atoms with Crippen molar-refractivity contribution in [2.24, 2.45) is 0 Å². The first-order valence-electron chi connectivity index (χ1n) is 6.50. The van der Waals surface area contributed by atoms with Crippen LogP contribution in [0.2, 0.25) is 0 Å². The first-order chi connectivity index (χ1) is 8.38. The monoisotopic (exact) mass is 251 g/mol. The lowest BCUT2D eigenvalue weighted by Gasteiger charge is -2.22. The van der Waals surface area contributed by atoms with E-state index in [1.165, 1.54) is 0 Å². The molecule has 0 unspecified atom stereocenters. The molecule has 1 N–H and O–H groups in total. The summed E-state index contributed by atoms with van der Waals surface area (Å²) in [6.07, 6.45) is 3.97. The molecule has 1 heterocycles. The van der Waals surface area contributed by atoms with Crippen LogP contribution in [0.3, 0.4) is 0 Å². The number of nitrogens with zero attached hydrogens (tertiary/aromatic N) is 2. The average molecular weight is 251 g/mol. The highest BCUT2D eigenvalue weighted by atomic mass is 19.1. The summed E-state index contributed by atoms with van der Waals surface area (Å²) in [7, 11) is 1.92. The molecule has 0 spiro atoms. The molecule has 0 saturated heterocycles. The topological polar surface area (TPSA) is 28.2 Å². The Kier molecular flexibility index (Phi) is 3.57. The van der Waals surface area contributed by atoms with Crippen LogP contribution in [-0.2, 0) is 6.54 Å². The molecule has 0 aliphatic heterocycles. The Hall–Kier alpha value is -1.16. The van der Waals surface area contributed by atoms with E-state index in [4.69, 9.17) is 0 Å². The third kappa shape index (κ3) is 3.19. The smallest absolute Gasteiger partial charge is 0.170 e. The van der Waals surface area contributed by atoms with Crippen molar-refractivity contribution in [3.8, 4) is 0 Å². The lowest BCUT2D eigenvalue weighted by Crippen LogP contribution is -2.35. The van der Waals surface area contributed by atoms with Crippen molar-refractivity contribution < 1.29 is 4.39 Å². The summed E-state index contributed by atoms with van der Waals surface area (Å²) in [5.74, 6) is 0.286. The van der Waals surface area contributed by atoms with Gasteiger partial charge in [-0.05, 0) is 39.7 Å². The Labute approximate surface area is 108 Å². The highest BCUT2D eigenvalue weighted by Crippen LogP contribution is 2.31. The maximum atomic E-state index is 14.3. The summed E-state index contributed by atoms with van der Waals surface area (Å²) in [5.41, 5.74) is 0.667. The van der Waals surface area contributed by atoms with E-state index < -0.39 is 0 Å². The predicted molar refractivity (Wildman–Crippen MR) is 72.2 cm³/mol. The van der Waals surface area contributed by atoms with E-state index in [9.17, 15) is 4.39 Å². The van der Waals surface area contributed by atoms with E-state index in [1.54, 1.807) is 12.3 Å². The minimum atomic E-state index is -0.191. The van der Waals surface area contributed by atoms with Crippen LogP contribution >= 0.6 is 0 Å². The van der Waals surface area contributed by atoms with E-state index in [-0.39, 0.29) is 11.4 Å². The number of hydrogen-bond donors (Lipinski definition) is 1. The summed E-state index contributed by atoms with van der Waals surface area (Å²) >= 11 is 0. The van der Waals surface area contributed by atoms with Crippen LogP contribution in [0.1, 0.15) is 39.2 Å². The third-order valence-corrected chi connectivity index (χ3v) is 3.19. The molecule has 0 amide bonds. The Balaban J connectivity index is 2.13. The van der Waals surface area contributed by atoms with Gasteiger partial charge in [0, 0.05) is 36.9 Å². The van der Waals surface area contributed by atoms with Gasteiger partial charge in [0.05, 0.1) is 0 Å². The third-order valence-electron chi connectivity index (χ3n) is 3.19. The maximum absolute atomic E-state index is 14.3. The van der Waals surface area contributed by atoms with Gasteiger partial charge in [0.25, 0.3) is 0 Å². The van der Waals surface area contributed by atoms with Gasteiger partial charge in [0.15, 0.2) is 11.6 Å². The van der Waals surface area contributed by atoms with Gasteiger partial charge in [-0.15, -0.1) is 0 Å². The zero-order chi connectivity index (χ0) is 13.3. The molecular weight excluding hydrogens is 229 g/mol. The van der Waals surface area contributed by atoms with Gasteiger partial charge in [-0.3, -0.25) is 0 Å². The molecule has 1 fully saturated rings. The molecule has 18 heavy (non-hydrogen) atoms. The maximum Gasteiger partial charge on any atom is 0.170 e. The zero-order valence-corrected chi connectivity index (χ0v) is 11.6. The largest absolute Gasteiger partial charge is 0.354 e. The van der Waals surface area contributed by atoms with E-state index in [1.807, 2.05) is 11.9 Å². The molecular formula is C14H22FN3. The Morgan fingerprint density at radius 2 is 2.11 bits per heavy atom. The minimum Gasteiger partial charge on any atom is -0.354 e. The Bertz CT molecular complexity index is 422. The zero-order valence-electron chi connectivity index (χ0n) is 11.6. The van der Waals surface area contributed by atoms with E-state index in [2.05, 4.69) is 31.1 Å². The molecule has 0 bridgehead atoms. The second kappa shape index (κ2) is 4.84. The van der Waals surface area contributed by atoms with Gasteiger partial charge in [-0.25, -0.2) is 9.37 Å². The average Bonchev–Trinajstić information content (AvgIpc) is 3.09. The fourth-order valence-electron chi connectivity index (χ4n) is 1.85. The predicted octanol–water partition coefficient (Wildman–Crippen LogP) is 2.71. The second-order valence-corrected chi connectivity index (χ2v) is 6.05. The van der Waals surface area contributed by atoms with Crippen molar-refractivity contribution in [3.63, 3.8) is 0 Å². The molecule has 2 rings (SSSR count). The van der Waals surface area contributed by atoms with Gasteiger partial charge in [-0.2, -0.15) is 0 Å². The van der Waals surface area contributed by atoms with E-state index >= 15 is 0 Å². The molecule has 4 heteroatoms. The van der Waals surface area contributed by atoms with Crippen LogP contribution in [0, 0.1) is 5.82 Å². The normalized spacial score (nSPS) is 15.8. The summed E-state index contributed by atoms with van der Waals surface area (Å²) in [5, 5.41) is 3.30. The van der Waals surface area contributed by atoms with Gasteiger partial charge >= 0.3 is 0 Å². The Morgan fingerprint density at radius 3 is 2.67 bits per heavy atom. The van der Waals surface area contributed by atoms with E-state index in [0.29, 0.717) is 24.0 Å². The molecule has 1 aromatic heterocycles. The summed E-state index contributed by atoms with van der Waals surface area (Å²) in [6.45, 7) is 6.75. The van der Waals surface area contributed by atoms with Crippen LogP contribution in [0.5, 0.6) is 0 Å². The minimum absolute atomic E-state index is 0.0156. The van der Waals surface area contributed by atoms with Crippen LogP contribution < -0.4 is 10.2 Å². The number of aromatic nitrogens is 1. The van der Waals surface area contributed by atoms with Crippen molar-refractivity contribution >= 4 is 5.82 Å². The van der Waals surface area contributed by atoms with Gasteiger partial charge in [0.2, 0.25) is 0 Å². The fraction of sp³-hybridized carbons (Fsp3) is 0.643. The number of anilines is 1. The van der Waals surface area contributed by atoms with Crippen molar-refractivity contribution in [2.45, 2.75) is 51.7 Å². The lowest BCUT2D eigenvalue weighted by molar-refractivity contribution is 0.418. The molecule has 0 aromatic carbocycles. The van der Waals surface area contributed by atoms with Gasteiger partial charge < -0.3 is 10.2 Å². The molecule has 1 aliphatic carbocycles. The quantitative estimate of drug-likeness (QED) is 0.891. The number of rotatable bonds is 4. The van der Waals surface area contributed by atoms with Crippen LogP contribution in [-0.4, -0.2) is 23.6 Å². The molecule has 0 radical (unpaired) electrons. The van der Waals surface area contributed by atoms with Crippen LogP contribution in [0.25, 0.3) is 0 Å².